The van der Waals surface area contributed by atoms with E-state index in [9.17, 15) is 9.59 Å². The largest absolute Gasteiger partial charge is 1.00 e. The van der Waals surface area contributed by atoms with Crippen molar-refractivity contribution >= 4 is 11.9 Å². The van der Waals surface area contributed by atoms with E-state index in [1.165, 1.54) is 57.4 Å². The second-order valence-corrected chi connectivity index (χ2v) is 5.96. The van der Waals surface area contributed by atoms with Crippen LogP contribution in [0.5, 0.6) is 0 Å². The maximum absolute atomic E-state index is 11.5. The topological polar surface area (TPSA) is 43.4 Å². The predicted molar refractivity (Wildman–Crippen MR) is 97.2 cm³/mol. The van der Waals surface area contributed by atoms with Crippen LogP contribution in [0.25, 0.3) is 0 Å². The summed E-state index contributed by atoms with van der Waals surface area (Å²) < 4.78 is 4.69. The summed E-state index contributed by atoms with van der Waals surface area (Å²) in [6.07, 6.45) is 20.3. The molecular weight excluding hydrogens is 327 g/mol. The molecule has 0 amide bonds. The minimum atomic E-state index is -0.587. The zero-order valence-corrected chi connectivity index (χ0v) is 19.1. The summed E-state index contributed by atoms with van der Waals surface area (Å²) in [6.45, 7) is 4.10. The third-order valence-corrected chi connectivity index (χ3v) is 3.73. The predicted octanol–water partition coefficient (Wildman–Crippen LogP) is 3.01. The second kappa shape index (κ2) is 21.3. The Morgan fingerprint density at radius 2 is 1.33 bits per heavy atom. The van der Waals surface area contributed by atoms with Crippen LogP contribution in [0.15, 0.2) is 24.3 Å². The molecular formula is C20H35KO3. The van der Waals surface area contributed by atoms with Crippen LogP contribution in [0.4, 0.5) is 0 Å². The molecule has 0 aliphatic rings. The standard InChI is InChI=1S/C20H34O3.K.H/c1-3-5-7-8-9-10-11-12-13-14-16-18-20(22)23-19(21)17-15-6-4-2;;/h4,6,15,17H,3,5,7-14,16,18H2,1-2H3;;/q;+1;-1/b6-4+,17-15+;;. The molecule has 0 saturated heterocycles. The van der Waals surface area contributed by atoms with E-state index in [0.29, 0.717) is 6.42 Å². The molecule has 0 rings (SSSR count). The molecule has 0 aromatic heterocycles. The quantitative estimate of drug-likeness (QED) is 0.119. The van der Waals surface area contributed by atoms with Crippen molar-refractivity contribution in [3.63, 3.8) is 0 Å². The molecule has 0 fully saturated rings. The maximum atomic E-state index is 11.5. The average Bonchev–Trinajstić information content (AvgIpc) is 2.52. The Labute approximate surface area is 192 Å². The van der Waals surface area contributed by atoms with E-state index in [4.69, 9.17) is 4.74 Å². The maximum Gasteiger partial charge on any atom is 1.00 e. The zero-order valence-electron chi connectivity index (χ0n) is 17.0. The first-order valence-electron chi connectivity index (χ1n) is 9.24. The van der Waals surface area contributed by atoms with Gasteiger partial charge in [-0.15, -0.1) is 0 Å². The van der Waals surface area contributed by atoms with Gasteiger partial charge in [0.1, 0.15) is 0 Å². The molecule has 0 radical (unpaired) electrons. The molecule has 0 atom stereocenters. The van der Waals surface area contributed by atoms with E-state index in [2.05, 4.69) is 6.92 Å². The minimum Gasteiger partial charge on any atom is -1.00 e. The van der Waals surface area contributed by atoms with E-state index in [1.807, 2.05) is 6.92 Å². The van der Waals surface area contributed by atoms with E-state index in [0.717, 1.165) is 19.3 Å². The SMILES string of the molecule is C/C=C/C=C/C(=O)OC(=O)CCCCCCCCCCCCC.[H-].[K+]. The van der Waals surface area contributed by atoms with Gasteiger partial charge in [0.2, 0.25) is 0 Å². The van der Waals surface area contributed by atoms with E-state index in [1.54, 1.807) is 18.2 Å². The fourth-order valence-electron chi connectivity index (χ4n) is 2.38. The zero-order chi connectivity index (χ0) is 17.2. The number of esters is 2. The van der Waals surface area contributed by atoms with Gasteiger partial charge in [0, 0.05) is 12.5 Å². The molecule has 0 aromatic rings. The van der Waals surface area contributed by atoms with Gasteiger partial charge in [0.05, 0.1) is 0 Å². The molecule has 24 heavy (non-hydrogen) atoms. The number of hydrogen-bond acceptors (Lipinski definition) is 3. The Kier molecular flexibility index (Phi) is 23.5. The normalized spacial score (nSPS) is 10.9. The molecule has 0 aromatic carbocycles. The van der Waals surface area contributed by atoms with Gasteiger partial charge < -0.3 is 6.16 Å². The Morgan fingerprint density at radius 1 is 0.833 bits per heavy atom. The number of allylic oxidation sites excluding steroid dienone is 3. The summed E-state index contributed by atoms with van der Waals surface area (Å²) in [5.41, 5.74) is 0. The molecule has 0 spiro atoms. The molecule has 0 aliphatic heterocycles. The first kappa shape index (κ1) is 26.5. The van der Waals surface area contributed by atoms with Gasteiger partial charge in [-0.1, -0.05) is 89.4 Å². The summed E-state index contributed by atoms with van der Waals surface area (Å²) in [4.78, 5) is 22.7. The first-order chi connectivity index (χ1) is 11.2. The molecule has 134 valence electrons. The Balaban J connectivity index is -0.00000242. The van der Waals surface area contributed by atoms with Gasteiger partial charge in [-0.05, 0) is 13.3 Å². The fourth-order valence-corrected chi connectivity index (χ4v) is 2.38. The number of unbranched alkanes of at least 4 members (excludes halogenated alkanes) is 10. The Bertz CT molecular complexity index is 368. The van der Waals surface area contributed by atoms with Crippen LogP contribution < -0.4 is 51.4 Å². The van der Waals surface area contributed by atoms with Gasteiger partial charge in [-0.3, -0.25) is 4.79 Å². The summed E-state index contributed by atoms with van der Waals surface area (Å²) in [5.74, 6) is -1.01. The van der Waals surface area contributed by atoms with Crippen molar-refractivity contribution < 1.29 is 67.1 Å². The first-order valence-corrected chi connectivity index (χ1v) is 9.24. The number of ether oxygens (including phenoxy) is 1. The smallest absolute Gasteiger partial charge is 1.00 e. The van der Waals surface area contributed by atoms with Gasteiger partial charge in [0.25, 0.3) is 0 Å². The van der Waals surface area contributed by atoms with Crippen LogP contribution in [0, 0.1) is 0 Å². The number of carbonyl (C=O) groups excluding carboxylic acids is 2. The number of rotatable bonds is 14. The molecule has 0 N–H and O–H groups in total. The van der Waals surface area contributed by atoms with E-state index in [-0.39, 0.29) is 52.8 Å². The van der Waals surface area contributed by atoms with Crippen molar-refractivity contribution in [3.05, 3.63) is 24.3 Å². The van der Waals surface area contributed by atoms with Crippen LogP contribution in [-0.2, 0) is 14.3 Å². The second-order valence-electron chi connectivity index (χ2n) is 5.96. The third-order valence-electron chi connectivity index (χ3n) is 3.73. The van der Waals surface area contributed by atoms with Crippen molar-refractivity contribution in [2.75, 3.05) is 0 Å². The third kappa shape index (κ3) is 20.3. The van der Waals surface area contributed by atoms with Gasteiger partial charge in [-0.25, -0.2) is 4.79 Å². The van der Waals surface area contributed by atoms with Crippen LogP contribution >= 0.6 is 0 Å². The Morgan fingerprint density at radius 3 is 1.83 bits per heavy atom. The molecule has 0 saturated carbocycles. The van der Waals surface area contributed by atoms with Crippen molar-refractivity contribution in [2.45, 2.75) is 90.9 Å². The molecule has 0 aliphatic carbocycles. The van der Waals surface area contributed by atoms with Crippen LogP contribution in [0.2, 0.25) is 0 Å². The van der Waals surface area contributed by atoms with Crippen molar-refractivity contribution in [1.29, 1.82) is 0 Å². The van der Waals surface area contributed by atoms with Crippen LogP contribution in [-0.4, -0.2) is 11.9 Å². The number of carbonyl (C=O) groups is 2. The summed E-state index contributed by atoms with van der Waals surface area (Å²) in [6, 6.07) is 0. The number of hydrogen-bond donors (Lipinski definition) is 0. The molecule has 4 heteroatoms. The van der Waals surface area contributed by atoms with E-state index >= 15 is 0 Å². The molecule has 3 nitrogen and oxygen atoms in total. The van der Waals surface area contributed by atoms with Gasteiger partial charge >= 0.3 is 63.3 Å². The van der Waals surface area contributed by atoms with E-state index < -0.39 is 11.9 Å². The van der Waals surface area contributed by atoms with Crippen molar-refractivity contribution in [1.82, 2.24) is 0 Å². The molecule has 0 heterocycles. The van der Waals surface area contributed by atoms with Crippen LogP contribution in [0.1, 0.15) is 92.3 Å². The monoisotopic (exact) mass is 362 g/mol. The van der Waals surface area contributed by atoms with Gasteiger partial charge in [0.15, 0.2) is 0 Å². The van der Waals surface area contributed by atoms with Crippen molar-refractivity contribution in [3.8, 4) is 0 Å². The summed E-state index contributed by atoms with van der Waals surface area (Å²) in [7, 11) is 0. The molecule has 0 unspecified atom stereocenters. The summed E-state index contributed by atoms with van der Waals surface area (Å²) >= 11 is 0. The minimum absolute atomic E-state index is 0. The average molecular weight is 363 g/mol. The Hall–Kier alpha value is 0.256. The van der Waals surface area contributed by atoms with Crippen molar-refractivity contribution in [2.24, 2.45) is 0 Å². The molecule has 0 bridgehead atoms. The summed E-state index contributed by atoms with van der Waals surface area (Å²) in [5, 5.41) is 0. The van der Waals surface area contributed by atoms with Gasteiger partial charge in [-0.2, -0.15) is 0 Å². The fraction of sp³-hybridized carbons (Fsp3) is 0.700. The van der Waals surface area contributed by atoms with Crippen LogP contribution in [0.3, 0.4) is 0 Å².